The molecule has 94 valence electrons. The average molecular weight is 268 g/mol. The molecule has 2 aromatic rings. The molecular formula is C14H12ClF2N. The van der Waals surface area contributed by atoms with Crippen LogP contribution < -0.4 is 5.32 Å². The summed E-state index contributed by atoms with van der Waals surface area (Å²) in [4.78, 5) is 0. The number of benzene rings is 2. The summed E-state index contributed by atoms with van der Waals surface area (Å²) in [6.45, 7) is 1.82. The fourth-order valence-electron chi connectivity index (χ4n) is 1.72. The van der Waals surface area contributed by atoms with Crippen molar-refractivity contribution in [2.75, 3.05) is 5.32 Å². The van der Waals surface area contributed by atoms with Gasteiger partial charge in [0.2, 0.25) is 0 Å². The third kappa shape index (κ3) is 2.99. The third-order valence-electron chi connectivity index (χ3n) is 2.63. The maximum Gasteiger partial charge on any atom is 0.126 e. The highest BCUT2D eigenvalue weighted by molar-refractivity contribution is 6.33. The van der Waals surface area contributed by atoms with Gasteiger partial charge in [-0.25, -0.2) is 8.78 Å². The number of halogens is 3. The second kappa shape index (κ2) is 5.36. The summed E-state index contributed by atoms with van der Waals surface area (Å²) >= 11 is 6.01. The van der Waals surface area contributed by atoms with Crippen LogP contribution in [0.4, 0.5) is 14.5 Å². The molecule has 2 rings (SSSR count). The Morgan fingerprint density at radius 1 is 1.06 bits per heavy atom. The first-order valence-electron chi connectivity index (χ1n) is 5.53. The first-order chi connectivity index (χ1) is 8.56. The van der Waals surface area contributed by atoms with Crippen molar-refractivity contribution in [1.29, 1.82) is 0 Å². The van der Waals surface area contributed by atoms with Crippen LogP contribution >= 0.6 is 11.6 Å². The Bertz CT molecular complexity index is 537. The number of hydrogen-bond acceptors (Lipinski definition) is 1. The lowest BCUT2D eigenvalue weighted by atomic mass is 10.1. The fraction of sp³-hybridized carbons (Fsp3) is 0.143. The molecule has 0 saturated carbocycles. The van der Waals surface area contributed by atoms with Crippen LogP contribution in [0, 0.1) is 11.6 Å². The Hall–Kier alpha value is -1.61. The van der Waals surface area contributed by atoms with E-state index in [1.165, 1.54) is 12.1 Å². The van der Waals surface area contributed by atoms with E-state index in [1.54, 1.807) is 6.07 Å². The van der Waals surface area contributed by atoms with Crippen molar-refractivity contribution in [3.63, 3.8) is 0 Å². The van der Waals surface area contributed by atoms with Gasteiger partial charge >= 0.3 is 0 Å². The van der Waals surface area contributed by atoms with Crippen molar-refractivity contribution in [3.05, 3.63) is 64.7 Å². The fourth-order valence-corrected chi connectivity index (χ4v) is 1.91. The highest BCUT2D eigenvalue weighted by atomic mass is 35.5. The second-order valence-corrected chi connectivity index (χ2v) is 4.46. The molecule has 0 aliphatic carbocycles. The lowest BCUT2D eigenvalue weighted by Crippen LogP contribution is -2.07. The number of hydrogen-bond donors (Lipinski definition) is 1. The first kappa shape index (κ1) is 12.8. The van der Waals surface area contributed by atoms with Crippen LogP contribution in [0.3, 0.4) is 0 Å². The van der Waals surface area contributed by atoms with Gasteiger partial charge in [-0.3, -0.25) is 0 Å². The van der Waals surface area contributed by atoms with E-state index in [2.05, 4.69) is 5.32 Å². The molecule has 1 nitrogen and oxygen atoms in total. The second-order valence-electron chi connectivity index (χ2n) is 4.05. The van der Waals surface area contributed by atoms with Gasteiger partial charge in [0.25, 0.3) is 0 Å². The Balaban J connectivity index is 2.22. The topological polar surface area (TPSA) is 12.0 Å². The van der Waals surface area contributed by atoms with Crippen molar-refractivity contribution < 1.29 is 8.78 Å². The van der Waals surface area contributed by atoms with Gasteiger partial charge in [-0.15, -0.1) is 0 Å². The van der Waals surface area contributed by atoms with Crippen molar-refractivity contribution in [3.8, 4) is 0 Å². The SMILES string of the molecule is CC(Nc1ccccc1Cl)c1cc(F)cc(F)c1. The van der Waals surface area contributed by atoms with E-state index in [0.29, 0.717) is 10.6 Å². The molecule has 1 unspecified atom stereocenters. The molecule has 0 aromatic heterocycles. The van der Waals surface area contributed by atoms with Crippen molar-refractivity contribution >= 4 is 17.3 Å². The quantitative estimate of drug-likeness (QED) is 0.843. The molecule has 2 aromatic carbocycles. The van der Waals surface area contributed by atoms with E-state index in [4.69, 9.17) is 11.6 Å². The van der Waals surface area contributed by atoms with Gasteiger partial charge in [0.15, 0.2) is 0 Å². The number of rotatable bonds is 3. The van der Waals surface area contributed by atoms with E-state index >= 15 is 0 Å². The molecule has 1 N–H and O–H groups in total. The van der Waals surface area contributed by atoms with Crippen molar-refractivity contribution in [2.45, 2.75) is 13.0 Å². The van der Waals surface area contributed by atoms with E-state index in [1.807, 2.05) is 25.1 Å². The summed E-state index contributed by atoms with van der Waals surface area (Å²) in [6, 6.07) is 10.4. The van der Waals surface area contributed by atoms with Gasteiger partial charge in [0.05, 0.1) is 10.7 Å². The van der Waals surface area contributed by atoms with Crippen LogP contribution in [0.5, 0.6) is 0 Å². The van der Waals surface area contributed by atoms with Crippen LogP contribution in [0.15, 0.2) is 42.5 Å². The minimum Gasteiger partial charge on any atom is -0.377 e. The molecular weight excluding hydrogens is 256 g/mol. The molecule has 0 fully saturated rings. The first-order valence-corrected chi connectivity index (χ1v) is 5.91. The minimum atomic E-state index is -0.585. The van der Waals surface area contributed by atoms with Crippen molar-refractivity contribution in [1.82, 2.24) is 0 Å². The molecule has 0 heterocycles. The predicted octanol–water partition coefficient (Wildman–Crippen LogP) is 4.79. The summed E-state index contributed by atoms with van der Waals surface area (Å²) < 4.78 is 26.2. The van der Waals surface area contributed by atoms with E-state index in [-0.39, 0.29) is 6.04 Å². The Morgan fingerprint density at radius 2 is 1.67 bits per heavy atom. The lowest BCUT2D eigenvalue weighted by molar-refractivity contribution is 0.577. The summed E-state index contributed by atoms with van der Waals surface area (Å²) in [6.07, 6.45) is 0. The standard InChI is InChI=1S/C14H12ClF2N/c1-9(10-6-11(16)8-12(17)7-10)18-14-5-3-2-4-13(14)15/h2-9,18H,1H3. The van der Waals surface area contributed by atoms with Crippen LogP contribution in [-0.4, -0.2) is 0 Å². The molecule has 0 spiro atoms. The molecule has 0 radical (unpaired) electrons. The van der Waals surface area contributed by atoms with Gasteiger partial charge in [-0.05, 0) is 36.8 Å². The Labute approximate surface area is 109 Å². The molecule has 0 aliphatic heterocycles. The molecule has 0 saturated heterocycles. The van der Waals surface area contributed by atoms with Crippen molar-refractivity contribution in [2.24, 2.45) is 0 Å². The van der Waals surface area contributed by atoms with Gasteiger partial charge < -0.3 is 5.32 Å². The summed E-state index contributed by atoms with van der Waals surface area (Å²) in [5.41, 5.74) is 1.27. The smallest absolute Gasteiger partial charge is 0.126 e. The molecule has 0 amide bonds. The zero-order chi connectivity index (χ0) is 13.1. The molecule has 0 bridgehead atoms. The summed E-state index contributed by atoms with van der Waals surface area (Å²) in [5.74, 6) is -1.17. The maximum atomic E-state index is 13.1. The number of nitrogens with one attached hydrogen (secondary N) is 1. The minimum absolute atomic E-state index is 0.241. The molecule has 18 heavy (non-hydrogen) atoms. The zero-order valence-corrected chi connectivity index (χ0v) is 10.5. The number of para-hydroxylation sites is 1. The average Bonchev–Trinajstić information content (AvgIpc) is 2.31. The van der Waals surface area contributed by atoms with E-state index in [0.717, 1.165) is 11.8 Å². The van der Waals surface area contributed by atoms with Gasteiger partial charge in [0.1, 0.15) is 11.6 Å². The number of anilines is 1. The monoisotopic (exact) mass is 267 g/mol. The lowest BCUT2D eigenvalue weighted by Gasteiger charge is -2.16. The molecule has 1 atom stereocenters. The largest absolute Gasteiger partial charge is 0.377 e. The zero-order valence-electron chi connectivity index (χ0n) is 9.75. The van der Waals surface area contributed by atoms with Crippen LogP contribution in [-0.2, 0) is 0 Å². The molecule has 4 heteroatoms. The van der Waals surface area contributed by atoms with Gasteiger partial charge in [0, 0.05) is 12.1 Å². The normalized spacial score (nSPS) is 12.2. The molecule has 0 aliphatic rings. The summed E-state index contributed by atoms with van der Waals surface area (Å²) in [7, 11) is 0. The van der Waals surface area contributed by atoms with Crippen LogP contribution in [0.2, 0.25) is 5.02 Å². The maximum absolute atomic E-state index is 13.1. The van der Waals surface area contributed by atoms with Gasteiger partial charge in [-0.1, -0.05) is 23.7 Å². The van der Waals surface area contributed by atoms with Crippen LogP contribution in [0.25, 0.3) is 0 Å². The highest BCUT2D eigenvalue weighted by Crippen LogP contribution is 2.26. The van der Waals surface area contributed by atoms with Crippen LogP contribution in [0.1, 0.15) is 18.5 Å². The summed E-state index contributed by atoms with van der Waals surface area (Å²) in [5, 5.41) is 3.69. The third-order valence-corrected chi connectivity index (χ3v) is 2.96. The van der Waals surface area contributed by atoms with E-state index < -0.39 is 11.6 Å². The Morgan fingerprint density at radius 3 is 2.28 bits per heavy atom. The van der Waals surface area contributed by atoms with E-state index in [9.17, 15) is 8.78 Å². The predicted molar refractivity (Wildman–Crippen MR) is 69.8 cm³/mol. The van der Waals surface area contributed by atoms with Gasteiger partial charge in [-0.2, -0.15) is 0 Å². The highest BCUT2D eigenvalue weighted by Gasteiger charge is 2.09. The Kier molecular flexibility index (Phi) is 3.82.